The third-order valence-corrected chi connectivity index (χ3v) is 4.49. The lowest BCUT2D eigenvalue weighted by molar-refractivity contribution is 0.292. The van der Waals surface area contributed by atoms with Crippen LogP contribution in [0.3, 0.4) is 0 Å². The lowest BCUT2D eigenvalue weighted by atomic mass is 10.2. The van der Waals surface area contributed by atoms with Gasteiger partial charge in [-0.1, -0.05) is 39.0 Å². The third-order valence-electron chi connectivity index (χ3n) is 4.49. The van der Waals surface area contributed by atoms with Gasteiger partial charge in [-0.15, -0.1) is 10.2 Å². The number of likely N-dealkylation sites (N-methyl/N-ethyl adjacent to an activating group) is 1. The number of para-hydroxylation sites is 1. The minimum Gasteiger partial charge on any atom is -0.419 e. The van der Waals surface area contributed by atoms with E-state index < -0.39 is 0 Å². The highest BCUT2D eigenvalue weighted by Crippen LogP contribution is 2.27. The molecule has 3 aromatic rings. The van der Waals surface area contributed by atoms with E-state index in [1.807, 2.05) is 0 Å². The van der Waals surface area contributed by atoms with E-state index in [2.05, 4.69) is 70.8 Å². The molecule has 0 saturated carbocycles. The van der Waals surface area contributed by atoms with Crippen LogP contribution >= 0.6 is 0 Å². The van der Waals surface area contributed by atoms with Crippen molar-refractivity contribution >= 4 is 10.9 Å². The summed E-state index contributed by atoms with van der Waals surface area (Å²) in [5.41, 5.74) is 2.23. The highest BCUT2D eigenvalue weighted by atomic mass is 16.4. The second kappa shape index (κ2) is 7.62. The number of hydrogen-bond acceptors (Lipinski definition) is 4. The minimum atomic E-state index is 0.620. The molecule has 1 aromatic carbocycles. The van der Waals surface area contributed by atoms with Gasteiger partial charge in [-0.3, -0.25) is 0 Å². The molecule has 0 aliphatic rings. The fourth-order valence-corrected chi connectivity index (χ4v) is 3.08. The average molecular weight is 326 g/mol. The van der Waals surface area contributed by atoms with Gasteiger partial charge < -0.3 is 13.9 Å². The van der Waals surface area contributed by atoms with Crippen molar-refractivity contribution in [3.05, 3.63) is 36.2 Å². The summed E-state index contributed by atoms with van der Waals surface area (Å²) in [5, 5.41) is 9.67. The molecule has 0 radical (unpaired) electrons. The molecule has 128 valence electrons. The van der Waals surface area contributed by atoms with Gasteiger partial charge in [-0.25, -0.2) is 0 Å². The van der Waals surface area contributed by atoms with Crippen molar-refractivity contribution in [2.75, 3.05) is 19.6 Å². The van der Waals surface area contributed by atoms with Crippen LogP contribution in [0.2, 0.25) is 0 Å². The van der Waals surface area contributed by atoms with Gasteiger partial charge in [-0.2, -0.15) is 0 Å². The maximum atomic E-state index is 5.88. The average Bonchev–Trinajstić information content (AvgIpc) is 3.21. The predicted octanol–water partition coefficient (Wildman–Crippen LogP) is 3.99. The Balaban J connectivity index is 1.97. The summed E-state index contributed by atoms with van der Waals surface area (Å²) in [4.78, 5) is 2.43. The topological polar surface area (TPSA) is 47.1 Å². The first kappa shape index (κ1) is 16.7. The van der Waals surface area contributed by atoms with Gasteiger partial charge in [0.2, 0.25) is 5.89 Å². The van der Waals surface area contributed by atoms with Crippen molar-refractivity contribution < 1.29 is 4.42 Å². The van der Waals surface area contributed by atoms with Crippen LogP contribution in [0.1, 0.15) is 33.1 Å². The molecule has 24 heavy (non-hydrogen) atoms. The molecule has 5 nitrogen and oxygen atoms in total. The van der Waals surface area contributed by atoms with Gasteiger partial charge in [0.15, 0.2) is 0 Å². The molecule has 0 N–H and O–H groups in total. The molecule has 0 aliphatic carbocycles. The normalized spacial score (nSPS) is 11.7. The van der Waals surface area contributed by atoms with Gasteiger partial charge in [0.05, 0.1) is 0 Å². The zero-order valence-corrected chi connectivity index (χ0v) is 14.8. The second-order valence-corrected chi connectivity index (χ2v) is 6.02. The van der Waals surface area contributed by atoms with Crippen LogP contribution in [-0.4, -0.2) is 39.3 Å². The summed E-state index contributed by atoms with van der Waals surface area (Å²) < 4.78 is 8.19. The van der Waals surface area contributed by atoms with E-state index in [0.717, 1.165) is 44.7 Å². The fourth-order valence-electron chi connectivity index (χ4n) is 3.08. The lowest BCUT2D eigenvalue weighted by Crippen LogP contribution is -2.27. The molecule has 0 spiro atoms. The number of hydrogen-bond donors (Lipinski definition) is 0. The summed E-state index contributed by atoms with van der Waals surface area (Å²) in [5.74, 6) is 1.34. The van der Waals surface area contributed by atoms with E-state index in [0.29, 0.717) is 11.8 Å². The molecule has 0 atom stereocenters. The van der Waals surface area contributed by atoms with Crippen LogP contribution in [-0.2, 0) is 13.0 Å². The second-order valence-electron chi connectivity index (χ2n) is 6.02. The molecule has 3 rings (SSSR count). The van der Waals surface area contributed by atoms with Crippen molar-refractivity contribution in [2.24, 2.45) is 0 Å². The zero-order chi connectivity index (χ0) is 16.9. The molecule has 0 bridgehead atoms. The highest BCUT2D eigenvalue weighted by Gasteiger charge is 2.16. The quantitative estimate of drug-likeness (QED) is 0.628. The lowest BCUT2D eigenvalue weighted by Gasteiger charge is -2.19. The summed E-state index contributed by atoms with van der Waals surface area (Å²) in [7, 11) is 0. The Morgan fingerprint density at radius 3 is 2.62 bits per heavy atom. The van der Waals surface area contributed by atoms with Crippen LogP contribution in [0.25, 0.3) is 22.5 Å². The van der Waals surface area contributed by atoms with Crippen molar-refractivity contribution in [1.82, 2.24) is 19.7 Å². The van der Waals surface area contributed by atoms with Crippen molar-refractivity contribution in [1.29, 1.82) is 0 Å². The maximum absolute atomic E-state index is 5.88. The monoisotopic (exact) mass is 326 g/mol. The largest absolute Gasteiger partial charge is 0.419 e. The Hall–Kier alpha value is -2.14. The number of nitrogens with zero attached hydrogens (tertiary/aromatic N) is 4. The number of fused-ring (bicyclic) bond motifs is 1. The third kappa shape index (κ3) is 3.36. The Bertz CT molecular complexity index is 786. The number of rotatable bonds is 8. The molecule has 0 fully saturated rings. The van der Waals surface area contributed by atoms with Gasteiger partial charge >= 0.3 is 0 Å². The Labute approximate surface area is 143 Å². The SMILES string of the molecule is CCCc1nnc(-c2cc3ccccc3n2CCN(CC)CC)o1. The molecule has 0 amide bonds. The van der Waals surface area contributed by atoms with Crippen LogP contribution in [0.15, 0.2) is 34.7 Å². The number of benzene rings is 1. The Morgan fingerprint density at radius 2 is 1.88 bits per heavy atom. The zero-order valence-electron chi connectivity index (χ0n) is 14.8. The van der Waals surface area contributed by atoms with Crippen molar-refractivity contribution in [3.63, 3.8) is 0 Å². The van der Waals surface area contributed by atoms with Gasteiger partial charge in [-0.05, 0) is 31.6 Å². The Kier molecular flexibility index (Phi) is 5.30. The van der Waals surface area contributed by atoms with Crippen LogP contribution < -0.4 is 0 Å². The molecule has 0 aliphatic heterocycles. The predicted molar refractivity (Wildman–Crippen MR) is 97.0 cm³/mol. The van der Waals surface area contributed by atoms with Gasteiger partial charge in [0.25, 0.3) is 5.89 Å². The molecule has 0 saturated heterocycles. The first-order valence-corrected chi connectivity index (χ1v) is 8.90. The standard InChI is InChI=1S/C19H26N4O/c1-4-9-18-20-21-19(24-18)17-14-15-10-7-8-11-16(15)23(17)13-12-22(5-2)6-3/h7-8,10-11,14H,4-6,9,12-13H2,1-3H3. The van der Waals surface area contributed by atoms with E-state index in [9.17, 15) is 0 Å². The molecule has 2 aromatic heterocycles. The van der Waals surface area contributed by atoms with Gasteiger partial charge in [0.1, 0.15) is 5.69 Å². The first-order valence-electron chi connectivity index (χ1n) is 8.90. The molecular formula is C19H26N4O. The van der Waals surface area contributed by atoms with E-state index in [1.165, 1.54) is 10.9 Å². The number of aromatic nitrogens is 3. The smallest absolute Gasteiger partial charge is 0.264 e. The molecule has 5 heteroatoms. The molecule has 0 unspecified atom stereocenters. The maximum Gasteiger partial charge on any atom is 0.264 e. The highest BCUT2D eigenvalue weighted by molar-refractivity contribution is 5.85. The molecule has 2 heterocycles. The van der Waals surface area contributed by atoms with Crippen molar-refractivity contribution in [3.8, 4) is 11.6 Å². The van der Waals surface area contributed by atoms with E-state index in [4.69, 9.17) is 4.42 Å². The van der Waals surface area contributed by atoms with E-state index >= 15 is 0 Å². The van der Waals surface area contributed by atoms with Crippen LogP contribution in [0.5, 0.6) is 0 Å². The van der Waals surface area contributed by atoms with Crippen molar-refractivity contribution in [2.45, 2.75) is 40.2 Å². The number of aryl methyl sites for hydroxylation is 1. The fraction of sp³-hybridized carbons (Fsp3) is 0.474. The van der Waals surface area contributed by atoms with Crippen LogP contribution in [0, 0.1) is 0 Å². The minimum absolute atomic E-state index is 0.620. The summed E-state index contributed by atoms with van der Waals surface area (Å²) in [6.07, 6.45) is 1.83. The van der Waals surface area contributed by atoms with E-state index in [1.54, 1.807) is 0 Å². The summed E-state index contributed by atoms with van der Waals surface area (Å²) >= 11 is 0. The molecular weight excluding hydrogens is 300 g/mol. The summed E-state index contributed by atoms with van der Waals surface area (Å²) in [6.45, 7) is 10.6. The van der Waals surface area contributed by atoms with E-state index in [-0.39, 0.29) is 0 Å². The summed E-state index contributed by atoms with van der Waals surface area (Å²) in [6, 6.07) is 10.6. The van der Waals surface area contributed by atoms with Crippen LogP contribution in [0.4, 0.5) is 0 Å². The first-order chi connectivity index (χ1) is 11.8. The van der Waals surface area contributed by atoms with Gasteiger partial charge in [0, 0.05) is 30.4 Å². The Morgan fingerprint density at radius 1 is 1.08 bits per heavy atom.